The highest BCUT2D eigenvalue weighted by molar-refractivity contribution is 6.75. The van der Waals surface area contributed by atoms with Crippen LogP contribution in [0.15, 0.2) is 0 Å². The third-order valence-corrected chi connectivity index (χ3v) is 7.49. The van der Waals surface area contributed by atoms with Gasteiger partial charge in [-0.2, -0.15) is 0 Å². The topological polar surface area (TPSA) is 26.0 Å². The van der Waals surface area contributed by atoms with Crippen LogP contribution in [0.3, 0.4) is 0 Å². The molecule has 0 aromatic heterocycles. The first kappa shape index (κ1) is 20.2. The minimum Gasteiger partial charge on any atom is -0.351 e. The molecule has 2 N–H and O–H groups in total. The summed E-state index contributed by atoms with van der Waals surface area (Å²) < 4.78 is 0. The van der Waals surface area contributed by atoms with Crippen molar-refractivity contribution in [3.05, 3.63) is 0 Å². The number of hydrogen-bond donors (Lipinski definition) is 1. The number of hydrogen-bond acceptors (Lipinski definition) is 1. The molecule has 2 heteroatoms. The molecule has 0 aliphatic heterocycles. The van der Waals surface area contributed by atoms with Crippen molar-refractivity contribution in [1.29, 1.82) is 0 Å². The molecule has 20 heavy (non-hydrogen) atoms. The Hall–Kier alpha value is 0.177. The summed E-state index contributed by atoms with van der Waals surface area (Å²) in [4.78, 5) is 0. The van der Waals surface area contributed by atoms with Crippen LogP contribution in [0.4, 0.5) is 0 Å². The van der Waals surface area contributed by atoms with Gasteiger partial charge in [0.25, 0.3) is 0 Å². The molecular formula is C18H41NSi. The zero-order valence-corrected chi connectivity index (χ0v) is 16.2. The minimum atomic E-state index is -1.51. The van der Waals surface area contributed by atoms with Crippen LogP contribution in [0.1, 0.15) is 91.9 Å². The molecule has 0 heterocycles. The molecule has 0 radical (unpaired) electrons. The van der Waals surface area contributed by atoms with E-state index in [0.29, 0.717) is 5.41 Å². The van der Waals surface area contributed by atoms with E-state index in [0.717, 1.165) is 5.54 Å². The third-order valence-electron chi connectivity index (χ3n) is 4.54. The molecular weight excluding hydrogens is 258 g/mol. The maximum absolute atomic E-state index is 6.51. The third kappa shape index (κ3) is 9.98. The van der Waals surface area contributed by atoms with Crippen molar-refractivity contribution in [2.45, 2.75) is 111 Å². The van der Waals surface area contributed by atoms with Crippen LogP contribution >= 0.6 is 0 Å². The molecule has 1 nitrogen and oxygen atoms in total. The van der Waals surface area contributed by atoms with Crippen molar-refractivity contribution < 1.29 is 0 Å². The van der Waals surface area contributed by atoms with Crippen LogP contribution in [0.5, 0.6) is 0 Å². The van der Waals surface area contributed by atoms with Crippen molar-refractivity contribution in [3.63, 3.8) is 0 Å². The summed E-state index contributed by atoms with van der Waals surface area (Å²) in [5.74, 6) is 0. The second-order valence-corrected chi connectivity index (χ2v) is 12.7. The Morgan fingerprint density at radius 2 is 1.20 bits per heavy atom. The van der Waals surface area contributed by atoms with Crippen molar-refractivity contribution in [1.82, 2.24) is 0 Å². The molecule has 0 saturated heterocycles. The van der Waals surface area contributed by atoms with Crippen LogP contribution in [-0.2, 0) is 0 Å². The molecule has 0 spiro atoms. The van der Waals surface area contributed by atoms with Gasteiger partial charge in [0.2, 0.25) is 0 Å². The van der Waals surface area contributed by atoms with Gasteiger partial charge in [-0.3, -0.25) is 0 Å². The second kappa shape index (κ2) is 10.00. The molecule has 0 aliphatic rings. The van der Waals surface area contributed by atoms with Gasteiger partial charge in [0, 0.05) is 0 Å². The van der Waals surface area contributed by atoms with Gasteiger partial charge >= 0.3 is 0 Å². The molecule has 0 aromatic rings. The van der Waals surface area contributed by atoms with E-state index in [4.69, 9.17) is 5.40 Å². The van der Waals surface area contributed by atoms with E-state index in [1.165, 1.54) is 64.2 Å². The summed E-state index contributed by atoms with van der Waals surface area (Å²) in [6.45, 7) is 14.0. The molecule has 1 atom stereocenters. The lowest BCUT2D eigenvalue weighted by Gasteiger charge is -2.39. The number of nitrogens with two attached hydrogens (primary N) is 1. The van der Waals surface area contributed by atoms with Crippen LogP contribution < -0.4 is 5.40 Å². The van der Waals surface area contributed by atoms with Gasteiger partial charge in [-0.05, 0) is 11.0 Å². The lowest BCUT2D eigenvalue weighted by molar-refractivity contribution is 0.345. The van der Waals surface area contributed by atoms with Crippen LogP contribution in [0, 0.1) is 5.41 Å². The average Bonchev–Trinajstić information content (AvgIpc) is 2.28. The second-order valence-electron chi connectivity index (χ2n) is 8.36. The van der Waals surface area contributed by atoms with E-state index < -0.39 is 8.24 Å². The summed E-state index contributed by atoms with van der Waals surface area (Å²) in [5, 5.41) is 6.51. The number of rotatable bonds is 11. The first-order valence-electron chi connectivity index (χ1n) is 8.98. The van der Waals surface area contributed by atoms with E-state index in [9.17, 15) is 0 Å². The smallest absolute Gasteiger partial charge is 0.120 e. The van der Waals surface area contributed by atoms with E-state index in [2.05, 4.69) is 40.8 Å². The standard InChI is InChI=1S/C18H41NSi/c1-7-8-9-10-11-12-13-14-15-16-17(18(2,3)4)20(5,6)19/h17H,7-16,19H2,1-6H3. The van der Waals surface area contributed by atoms with E-state index in [1.54, 1.807) is 0 Å². The summed E-state index contributed by atoms with van der Waals surface area (Å²) in [5.41, 5.74) is 1.13. The Labute approximate surface area is 130 Å². The molecule has 0 bridgehead atoms. The fourth-order valence-corrected chi connectivity index (χ4v) is 6.76. The Kier molecular flexibility index (Phi) is 10.1. The maximum Gasteiger partial charge on any atom is 0.120 e. The lowest BCUT2D eigenvalue weighted by Crippen LogP contribution is -2.48. The first-order valence-corrected chi connectivity index (χ1v) is 12.1. The summed E-state index contributed by atoms with van der Waals surface area (Å²) in [7, 11) is -1.51. The van der Waals surface area contributed by atoms with E-state index in [-0.39, 0.29) is 0 Å². The molecule has 0 aromatic carbocycles. The summed E-state index contributed by atoms with van der Waals surface area (Å²) in [6, 6.07) is 0. The lowest BCUT2D eigenvalue weighted by atomic mass is 9.88. The largest absolute Gasteiger partial charge is 0.351 e. The van der Waals surface area contributed by atoms with Crippen molar-refractivity contribution in [2.75, 3.05) is 0 Å². The minimum absolute atomic E-state index is 0.380. The quantitative estimate of drug-likeness (QED) is 0.342. The van der Waals surface area contributed by atoms with Gasteiger partial charge in [0.1, 0.15) is 8.24 Å². The van der Waals surface area contributed by atoms with Gasteiger partial charge in [-0.1, -0.05) is 105 Å². The Morgan fingerprint density at radius 1 is 0.800 bits per heavy atom. The molecule has 122 valence electrons. The Morgan fingerprint density at radius 3 is 1.55 bits per heavy atom. The molecule has 0 rings (SSSR count). The van der Waals surface area contributed by atoms with Crippen molar-refractivity contribution in [2.24, 2.45) is 10.8 Å². The van der Waals surface area contributed by atoms with E-state index >= 15 is 0 Å². The predicted molar refractivity (Wildman–Crippen MR) is 96.7 cm³/mol. The van der Waals surface area contributed by atoms with Crippen LogP contribution in [0.25, 0.3) is 0 Å². The maximum atomic E-state index is 6.51. The Balaban J connectivity index is 3.71. The molecule has 1 unspecified atom stereocenters. The zero-order chi connectivity index (χ0) is 15.6. The van der Waals surface area contributed by atoms with E-state index in [1.807, 2.05) is 0 Å². The van der Waals surface area contributed by atoms with Gasteiger partial charge in [0.05, 0.1) is 0 Å². The fourth-order valence-electron chi connectivity index (χ4n) is 3.58. The monoisotopic (exact) mass is 299 g/mol. The molecule has 0 fully saturated rings. The van der Waals surface area contributed by atoms with Gasteiger partial charge < -0.3 is 5.40 Å². The fraction of sp³-hybridized carbons (Fsp3) is 1.00. The molecule has 0 saturated carbocycles. The first-order chi connectivity index (χ1) is 9.19. The van der Waals surface area contributed by atoms with Crippen molar-refractivity contribution in [3.8, 4) is 0 Å². The number of unbranched alkanes of at least 4 members (excludes halogenated alkanes) is 8. The SMILES string of the molecule is CCCCCCCCCCCC(C(C)(C)C)[Si](C)(C)N. The van der Waals surface area contributed by atoms with Crippen LogP contribution in [-0.4, -0.2) is 8.24 Å². The normalized spacial score (nSPS) is 14.6. The zero-order valence-electron chi connectivity index (χ0n) is 15.2. The van der Waals surface area contributed by atoms with Gasteiger partial charge in [-0.25, -0.2) is 0 Å². The summed E-state index contributed by atoms with van der Waals surface area (Å²) in [6.07, 6.45) is 14.1. The summed E-state index contributed by atoms with van der Waals surface area (Å²) >= 11 is 0. The molecule has 0 amide bonds. The van der Waals surface area contributed by atoms with Gasteiger partial charge in [-0.15, -0.1) is 0 Å². The highest BCUT2D eigenvalue weighted by atomic mass is 28.3. The highest BCUT2D eigenvalue weighted by Gasteiger charge is 2.36. The predicted octanol–water partition coefficient (Wildman–Crippen LogP) is 6.49. The molecule has 0 aliphatic carbocycles. The average molecular weight is 300 g/mol. The Bertz CT molecular complexity index is 211. The van der Waals surface area contributed by atoms with Crippen molar-refractivity contribution >= 4 is 8.24 Å². The van der Waals surface area contributed by atoms with Crippen LogP contribution in [0.2, 0.25) is 18.6 Å². The highest BCUT2D eigenvalue weighted by Crippen LogP contribution is 2.40. The van der Waals surface area contributed by atoms with Gasteiger partial charge in [0.15, 0.2) is 0 Å².